The first-order valence-electron chi connectivity index (χ1n) is 12.5. The van der Waals surface area contributed by atoms with Crippen molar-refractivity contribution in [2.75, 3.05) is 31.5 Å². The predicted molar refractivity (Wildman–Crippen MR) is 143 cm³/mol. The summed E-state index contributed by atoms with van der Waals surface area (Å²) < 4.78 is 7.87. The molecule has 0 aliphatic carbocycles. The molecule has 0 radical (unpaired) electrons. The molecule has 10 heteroatoms. The van der Waals surface area contributed by atoms with Gasteiger partial charge in [-0.15, -0.1) is 0 Å². The number of aliphatic imine (C=N–C) groups is 1. The predicted octanol–water partition coefficient (Wildman–Crippen LogP) is 3.32. The number of benzene rings is 2. The summed E-state index contributed by atoms with van der Waals surface area (Å²) in [7, 11) is 0. The van der Waals surface area contributed by atoms with E-state index in [9.17, 15) is 10.1 Å². The van der Waals surface area contributed by atoms with Crippen LogP contribution in [0.4, 0.5) is 11.5 Å². The van der Waals surface area contributed by atoms with Gasteiger partial charge in [0.2, 0.25) is 0 Å². The van der Waals surface area contributed by atoms with Gasteiger partial charge in [0.25, 0.3) is 0 Å². The van der Waals surface area contributed by atoms with Crippen LogP contribution in [-0.4, -0.2) is 46.6 Å². The third-order valence-electron chi connectivity index (χ3n) is 6.81. The van der Waals surface area contributed by atoms with E-state index in [1.807, 2.05) is 36.4 Å². The number of aromatic nitrogens is 2. The van der Waals surface area contributed by atoms with Gasteiger partial charge in [0.15, 0.2) is 23.3 Å². The first kappa shape index (κ1) is 24.3. The number of nitriles is 1. The lowest BCUT2D eigenvalue weighted by Crippen LogP contribution is -2.30. The van der Waals surface area contributed by atoms with Crippen LogP contribution in [0.2, 0.25) is 0 Å². The maximum Gasteiger partial charge on any atom is 0.350 e. The average Bonchev–Trinajstić information content (AvgIpc) is 3.15. The Labute approximate surface area is 215 Å². The monoisotopic (exact) mass is 498 g/mol. The Balaban J connectivity index is 1.29. The van der Waals surface area contributed by atoms with Crippen LogP contribution < -0.4 is 27.2 Å². The molecule has 2 aliphatic rings. The summed E-state index contributed by atoms with van der Waals surface area (Å²) in [4.78, 5) is 23.8. The maximum absolute atomic E-state index is 13.0. The Kier molecular flexibility index (Phi) is 7.05. The Bertz CT molecular complexity index is 1420. The molecule has 2 aromatic carbocycles. The number of nitrogens with zero attached hydrogens (tertiary/aromatic N) is 5. The number of likely N-dealkylation sites (tertiary alicyclic amines) is 1. The van der Waals surface area contributed by atoms with E-state index in [-0.39, 0.29) is 17.7 Å². The molecule has 0 bridgehead atoms. The summed E-state index contributed by atoms with van der Waals surface area (Å²) in [5.74, 6) is 1.73. The van der Waals surface area contributed by atoms with Crippen LogP contribution in [0.5, 0.6) is 11.5 Å². The Morgan fingerprint density at radius 1 is 1.16 bits per heavy atom. The van der Waals surface area contributed by atoms with E-state index >= 15 is 0 Å². The Morgan fingerprint density at radius 3 is 2.86 bits per heavy atom. The molecule has 1 aromatic heterocycles. The smallest absolute Gasteiger partial charge is 0.350 e. The van der Waals surface area contributed by atoms with Gasteiger partial charge in [-0.3, -0.25) is 9.56 Å². The number of hydrogen-bond donors (Lipinski definition) is 3. The zero-order chi connectivity index (χ0) is 25.8. The minimum atomic E-state index is -0.289. The SMILES string of the molecule is N#Cc1cccc(-c2ccc3c(c2)Nc2nc(=O)n(C4CCCN(CCCN=C(N)N)CC4)cc2O3)c1. The van der Waals surface area contributed by atoms with Gasteiger partial charge in [0, 0.05) is 19.1 Å². The number of rotatable bonds is 6. The Hall–Kier alpha value is -4.36. The minimum absolute atomic E-state index is 0.0628. The van der Waals surface area contributed by atoms with Crippen molar-refractivity contribution < 1.29 is 4.74 Å². The van der Waals surface area contributed by atoms with Crippen LogP contribution in [0.1, 0.15) is 37.3 Å². The number of fused-ring (bicyclic) bond motifs is 2. The molecule has 5 rings (SSSR count). The van der Waals surface area contributed by atoms with Crippen molar-refractivity contribution in [3.63, 3.8) is 0 Å². The molecule has 10 nitrogen and oxygen atoms in total. The van der Waals surface area contributed by atoms with Crippen LogP contribution in [0.15, 0.2) is 58.4 Å². The van der Waals surface area contributed by atoms with E-state index in [2.05, 4.69) is 26.3 Å². The van der Waals surface area contributed by atoms with Gasteiger partial charge in [-0.25, -0.2) is 4.79 Å². The zero-order valence-corrected chi connectivity index (χ0v) is 20.6. The van der Waals surface area contributed by atoms with Gasteiger partial charge in [-0.05, 0) is 74.2 Å². The second-order valence-corrected chi connectivity index (χ2v) is 9.36. The second-order valence-electron chi connectivity index (χ2n) is 9.36. The minimum Gasteiger partial charge on any atom is -0.450 e. The first-order valence-corrected chi connectivity index (χ1v) is 12.5. The molecule has 5 N–H and O–H groups in total. The van der Waals surface area contributed by atoms with Crippen molar-refractivity contribution in [3.8, 4) is 28.7 Å². The molecule has 1 unspecified atom stereocenters. The largest absolute Gasteiger partial charge is 0.450 e. The van der Waals surface area contributed by atoms with Gasteiger partial charge < -0.3 is 26.4 Å². The topological polar surface area (TPSA) is 148 Å². The fourth-order valence-electron chi connectivity index (χ4n) is 4.93. The van der Waals surface area contributed by atoms with Gasteiger partial charge in [0.1, 0.15) is 0 Å². The average molecular weight is 499 g/mol. The fraction of sp³-hybridized carbons (Fsp3) is 0.333. The van der Waals surface area contributed by atoms with E-state index < -0.39 is 0 Å². The van der Waals surface area contributed by atoms with Crippen LogP contribution >= 0.6 is 0 Å². The van der Waals surface area contributed by atoms with Crippen molar-refractivity contribution in [1.29, 1.82) is 5.26 Å². The van der Waals surface area contributed by atoms with Crippen LogP contribution in [0.25, 0.3) is 11.1 Å². The number of nitrogens with two attached hydrogens (primary N) is 2. The van der Waals surface area contributed by atoms with E-state index in [1.54, 1.807) is 16.8 Å². The number of ether oxygens (including phenoxy) is 1. The fourth-order valence-corrected chi connectivity index (χ4v) is 4.93. The van der Waals surface area contributed by atoms with Crippen molar-refractivity contribution in [2.24, 2.45) is 16.5 Å². The molecule has 1 atom stereocenters. The number of nitrogens with one attached hydrogen (secondary N) is 1. The molecule has 0 saturated carbocycles. The molecule has 37 heavy (non-hydrogen) atoms. The summed E-state index contributed by atoms with van der Waals surface area (Å²) in [6.07, 6.45) is 5.43. The zero-order valence-electron chi connectivity index (χ0n) is 20.6. The van der Waals surface area contributed by atoms with Gasteiger partial charge in [0.05, 0.1) is 23.5 Å². The van der Waals surface area contributed by atoms with E-state index in [0.717, 1.165) is 62.1 Å². The normalized spacial score (nSPS) is 16.8. The summed E-state index contributed by atoms with van der Waals surface area (Å²) in [6.45, 7) is 3.42. The van der Waals surface area contributed by atoms with E-state index in [0.29, 0.717) is 29.4 Å². The summed E-state index contributed by atoms with van der Waals surface area (Å²) in [5, 5.41) is 12.5. The molecular weight excluding hydrogens is 468 g/mol. The van der Waals surface area contributed by atoms with Gasteiger partial charge in [-0.1, -0.05) is 18.2 Å². The molecule has 0 amide bonds. The van der Waals surface area contributed by atoms with Gasteiger partial charge >= 0.3 is 5.69 Å². The molecule has 1 fully saturated rings. The quantitative estimate of drug-likeness (QED) is 0.208. The van der Waals surface area contributed by atoms with Crippen molar-refractivity contribution >= 4 is 17.5 Å². The maximum atomic E-state index is 13.0. The van der Waals surface area contributed by atoms with Crippen molar-refractivity contribution in [3.05, 3.63) is 64.7 Å². The molecule has 1 saturated heterocycles. The van der Waals surface area contributed by atoms with Gasteiger partial charge in [-0.2, -0.15) is 10.2 Å². The van der Waals surface area contributed by atoms with Crippen LogP contribution in [0.3, 0.4) is 0 Å². The van der Waals surface area contributed by atoms with Crippen molar-refractivity contribution in [2.45, 2.75) is 31.7 Å². The van der Waals surface area contributed by atoms with Crippen LogP contribution in [0, 0.1) is 11.3 Å². The first-order chi connectivity index (χ1) is 18.0. The summed E-state index contributed by atoms with van der Waals surface area (Å²) in [6, 6.07) is 15.4. The highest BCUT2D eigenvalue weighted by Gasteiger charge is 2.24. The molecule has 3 aromatic rings. The summed E-state index contributed by atoms with van der Waals surface area (Å²) >= 11 is 0. The molecule has 0 spiro atoms. The number of guanidine groups is 1. The molecule has 2 aliphatic heterocycles. The number of hydrogen-bond acceptors (Lipinski definition) is 7. The summed E-state index contributed by atoms with van der Waals surface area (Å²) in [5.41, 5.74) is 13.7. The molecule has 190 valence electrons. The number of anilines is 2. The Morgan fingerprint density at radius 2 is 2.03 bits per heavy atom. The molecule has 3 heterocycles. The lowest BCUT2D eigenvalue weighted by molar-refractivity contribution is 0.278. The highest BCUT2D eigenvalue weighted by molar-refractivity contribution is 5.78. The lowest BCUT2D eigenvalue weighted by Gasteiger charge is -2.24. The highest BCUT2D eigenvalue weighted by Crippen LogP contribution is 2.42. The van der Waals surface area contributed by atoms with E-state index in [4.69, 9.17) is 16.2 Å². The van der Waals surface area contributed by atoms with Crippen molar-refractivity contribution in [1.82, 2.24) is 14.5 Å². The van der Waals surface area contributed by atoms with E-state index in [1.165, 1.54) is 0 Å². The highest BCUT2D eigenvalue weighted by atomic mass is 16.5. The standard InChI is InChI=1S/C27H30N8O2/c28-16-18-4-1-5-19(14-18)20-7-8-23-22(15-20)32-25-24(37-23)17-35(27(36)33-25)21-6-2-11-34(13-9-21)12-3-10-31-26(29)30/h1,4-5,7-8,14-15,17,21H,2-3,6,9-13H2,(H4,29,30,31)(H,32,33,36). The third kappa shape index (κ3) is 5.57. The second kappa shape index (κ2) is 10.7. The third-order valence-corrected chi connectivity index (χ3v) is 6.81. The van der Waals surface area contributed by atoms with Crippen LogP contribution in [-0.2, 0) is 0 Å². The molecular formula is C27H30N8O2. The lowest BCUT2D eigenvalue weighted by atomic mass is 10.0.